The molecule has 2 aromatic rings. The minimum absolute atomic E-state index is 0.576. The normalized spacial score (nSPS) is 9.71. The van der Waals surface area contributed by atoms with Crippen molar-refractivity contribution >= 4 is 11.6 Å². The van der Waals surface area contributed by atoms with Gasteiger partial charge < -0.3 is 4.98 Å². The van der Waals surface area contributed by atoms with Crippen molar-refractivity contribution in [1.29, 1.82) is 5.26 Å². The number of halogens is 1. The van der Waals surface area contributed by atoms with Crippen LogP contribution in [0.1, 0.15) is 5.69 Å². The zero-order valence-corrected chi connectivity index (χ0v) is 8.05. The van der Waals surface area contributed by atoms with Crippen LogP contribution in [0.25, 0.3) is 11.1 Å². The maximum Gasteiger partial charge on any atom is 0.125 e. The van der Waals surface area contributed by atoms with Crippen molar-refractivity contribution in [1.82, 2.24) is 4.98 Å². The van der Waals surface area contributed by atoms with Crippen LogP contribution in [0.4, 0.5) is 0 Å². The summed E-state index contributed by atoms with van der Waals surface area (Å²) in [6.07, 6.45) is 1.75. The largest absolute Gasteiger partial charge is 0.353 e. The van der Waals surface area contributed by atoms with Gasteiger partial charge in [0.05, 0.1) is 0 Å². The summed E-state index contributed by atoms with van der Waals surface area (Å²) >= 11 is 5.77. The van der Waals surface area contributed by atoms with Gasteiger partial charge in [-0.15, -0.1) is 0 Å². The minimum Gasteiger partial charge on any atom is -0.353 e. The van der Waals surface area contributed by atoms with E-state index in [2.05, 4.69) is 11.1 Å². The van der Waals surface area contributed by atoms with Gasteiger partial charge in [0.1, 0.15) is 11.8 Å². The van der Waals surface area contributed by atoms with Gasteiger partial charge in [-0.2, -0.15) is 5.26 Å². The Morgan fingerprint density at radius 3 is 2.50 bits per heavy atom. The maximum absolute atomic E-state index is 8.82. The molecule has 68 valence electrons. The summed E-state index contributed by atoms with van der Waals surface area (Å²) in [7, 11) is 0. The molecule has 0 aliphatic heterocycles. The molecule has 0 spiro atoms. The van der Waals surface area contributed by atoms with E-state index in [0.717, 1.165) is 11.1 Å². The van der Waals surface area contributed by atoms with Crippen LogP contribution in [0.15, 0.2) is 36.5 Å². The quantitative estimate of drug-likeness (QED) is 0.758. The lowest BCUT2D eigenvalue weighted by Crippen LogP contribution is -1.79. The number of aromatic amines is 1. The fourth-order valence-electron chi connectivity index (χ4n) is 1.33. The van der Waals surface area contributed by atoms with E-state index in [4.69, 9.17) is 16.9 Å². The van der Waals surface area contributed by atoms with Crippen LogP contribution in [0.2, 0.25) is 5.02 Å². The topological polar surface area (TPSA) is 39.6 Å². The van der Waals surface area contributed by atoms with E-state index in [1.165, 1.54) is 0 Å². The van der Waals surface area contributed by atoms with Crippen molar-refractivity contribution in [2.45, 2.75) is 0 Å². The highest BCUT2D eigenvalue weighted by molar-refractivity contribution is 6.30. The molecule has 0 atom stereocenters. The average molecular weight is 203 g/mol. The van der Waals surface area contributed by atoms with Gasteiger partial charge >= 0.3 is 0 Å². The molecule has 1 heterocycles. The molecular formula is C11H7ClN2. The first-order valence-electron chi connectivity index (χ1n) is 4.14. The molecule has 3 heteroatoms. The van der Waals surface area contributed by atoms with Crippen molar-refractivity contribution in [3.8, 4) is 17.2 Å². The number of aromatic nitrogens is 1. The Labute approximate surface area is 86.8 Å². The average Bonchev–Trinajstić information content (AvgIpc) is 2.67. The fraction of sp³-hybridized carbons (Fsp3) is 0. The van der Waals surface area contributed by atoms with Gasteiger partial charge in [0.2, 0.25) is 0 Å². The van der Waals surface area contributed by atoms with Crippen molar-refractivity contribution in [2.24, 2.45) is 0 Å². The van der Waals surface area contributed by atoms with Gasteiger partial charge in [-0.25, -0.2) is 0 Å². The third-order valence-electron chi connectivity index (χ3n) is 2.01. The molecule has 0 saturated carbocycles. The van der Waals surface area contributed by atoms with Crippen LogP contribution in [0.3, 0.4) is 0 Å². The number of hydrogen-bond acceptors (Lipinski definition) is 1. The summed E-state index contributed by atoms with van der Waals surface area (Å²) in [4.78, 5) is 2.87. The van der Waals surface area contributed by atoms with E-state index in [9.17, 15) is 0 Å². The lowest BCUT2D eigenvalue weighted by molar-refractivity contribution is 1.33. The number of nitrogens with one attached hydrogen (secondary N) is 1. The first kappa shape index (κ1) is 8.86. The number of H-pyrrole nitrogens is 1. The van der Waals surface area contributed by atoms with Crippen LogP contribution >= 0.6 is 11.6 Å². The summed E-state index contributed by atoms with van der Waals surface area (Å²) in [5.74, 6) is 0. The van der Waals surface area contributed by atoms with E-state index in [-0.39, 0.29) is 0 Å². The second-order valence-electron chi connectivity index (χ2n) is 2.89. The standard InChI is InChI=1S/C11H7ClN2/c12-9-3-1-8(2-4-9)10-5-6-14-11(10)7-13/h1-6,14H. The van der Waals surface area contributed by atoms with Crippen LogP contribution < -0.4 is 0 Å². The molecule has 0 radical (unpaired) electrons. The lowest BCUT2D eigenvalue weighted by atomic mass is 10.1. The second-order valence-corrected chi connectivity index (χ2v) is 3.32. The highest BCUT2D eigenvalue weighted by Crippen LogP contribution is 2.23. The number of nitrogens with zero attached hydrogens (tertiary/aromatic N) is 1. The predicted octanol–water partition coefficient (Wildman–Crippen LogP) is 3.21. The van der Waals surface area contributed by atoms with Crippen molar-refractivity contribution < 1.29 is 0 Å². The maximum atomic E-state index is 8.82. The molecule has 0 bridgehead atoms. The number of rotatable bonds is 1. The monoisotopic (exact) mass is 202 g/mol. The highest BCUT2D eigenvalue weighted by Gasteiger charge is 2.04. The molecule has 0 aliphatic rings. The summed E-state index contributed by atoms with van der Waals surface area (Å²) in [6, 6.07) is 11.4. The summed E-state index contributed by atoms with van der Waals surface area (Å²) in [5.41, 5.74) is 2.48. The Hall–Kier alpha value is -1.72. The first-order chi connectivity index (χ1) is 6.81. The molecule has 1 aromatic carbocycles. The Morgan fingerprint density at radius 1 is 1.14 bits per heavy atom. The van der Waals surface area contributed by atoms with Gasteiger partial charge in [-0.3, -0.25) is 0 Å². The smallest absolute Gasteiger partial charge is 0.125 e. The fourth-order valence-corrected chi connectivity index (χ4v) is 1.46. The number of hydrogen-bond donors (Lipinski definition) is 1. The second kappa shape index (κ2) is 3.57. The number of nitriles is 1. The van der Waals surface area contributed by atoms with Gasteiger partial charge in [0.15, 0.2) is 0 Å². The summed E-state index contributed by atoms with van der Waals surface area (Å²) in [5, 5.41) is 9.51. The Morgan fingerprint density at radius 2 is 1.86 bits per heavy atom. The molecule has 2 nitrogen and oxygen atoms in total. The van der Waals surface area contributed by atoms with E-state index < -0.39 is 0 Å². The molecule has 0 fully saturated rings. The van der Waals surface area contributed by atoms with Crippen molar-refractivity contribution in [2.75, 3.05) is 0 Å². The molecule has 1 aromatic heterocycles. The van der Waals surface area contributed by atoms with Crippen LogP contribution in [-0.2, 0) is 0 Å². The van der Waals surface area contributed by atoms with Crippen LogP contribution in [-0.4, -0.2) is 4.98 Å². The van der Waals surface area contributed by atoms with E-state index in [1.54, 1.807) is 6.20 Å². The summed E-state index contributed by atoms with van der Waals surface area (Å²) < 4.78 is 0. The Kier molecular flexibility index (Phi) is 2.26. The van der Waals surface area contributed by atoms with Crippen molar-refractivity contribution in [3.63, 3.8) is 0 Å². The zero-order chi connectivity index (χ0) is 9.97. The Balaban J connectivity index is 2.50. The predicted molar refractivity (Wildman–Crippen MR) is 56.0 cm³/mol. The van der Waals surface area contributed by atoms with Crippen molar-refractivity contribution in [3.05, 3.63) is 47.2 Å². The number of benzene rings is 1. The van der Waals surface area contributed by atoms with Gasteiger partial charge in [0.25, 0.3) is 0 Å². The molecule has 0 aliphatic carbocycles. The lowest BCUT2D eigenvalue weighted by Gasteiger charge is -1.98. The van der Waals surface area contributed by atoms with Crippen LogP contribution in [0.5, 0.6) is 0 Å². The molecule has 14 heavy (non-hydrogen) atoms. The molecule has 2 rings (SSSR count). The first-order valence-corrected chi connectivity index (χ1v) is 4.52. The third-order valence-corrected chi connectivity index (χ3v) is 2.27. The summed E-state index contributed by atoms with van der Waals surface area (Å²) in [6.45, 7) is 0. The highest BCUT2D eigenvalue weighted by atomic mass is 35.5. The van der Waals surface area contributed by atoms with Crippen LogP contribution in [0, 0.1) is 11.3 Å². The Bertz CT molecular complexity index is 477. The molecule has 0 amide bonds. The zero-order valence-electron chi connectivity index (χ0n) is 7.29. The van der Waals surface area contributed by atoms with Gasteiger partial charge in [-0.1, -0.05) is 23.7 Å². The third kappa shape index (κ3) is 1.50. The van der Waals surface area contributed by atoms with E-state index >= 15 is 0 Å². The van der Waals surface area contributed by atoms with E-state index in [1.807, 2.05) is 30.3 Å². The molecule has 0 saturated heterocycles. The SMILES string of the molecule is N#Cc1[nH]ccc1-c1ccc(Cl)cc1. The van der Waals surface area contributed by atoms with Gasteiger partial charge in [0, 0.05) is 16.8 Å². The molecular weight excluding hydrogens is 196 g/mol. The molecule has 0 unspecified atom stereocenters. The minimum atomic E-state index is 0.576. The van der Waals surface area contributed by atoms with E-state index in [0.29, 0.717) is 10.7 Å². The molecule has 1 N–H and O–H groups in total. The van der Waals surface area contributed by atoms with Gasteiger partial charge in [-0.05, 0) is 23.8 Å².